The summed E-state index contributed by atoms with van der Waals surface area (Å²) in [7, 11) is 0. The molecule has 0 fully saturated rings. The molecule has 1 amide bonds. The fraction of sp³-hybridized carbons (Fsp3) is 0.462. The Bertz CT molecular complexity index is 444. The maximum Gasteiger partial charge on any atom is 0.232 e. The summed E-state index contributed by atoms with van der Waals surface area (Å²) in [5.74, 6) is -2.10. The first-order chi connectivity index (χ1) is 8.90. The van der Waals surface area contributed by atoms with Crippen LogP contribution in [0.1, 0.15) is 26.7 Å². The van der Waals surface area contributed by atoms with E-state index >= 15 is 0 Å². The topological polar surface area (TPSA) is 55.1 Å². The molecular formula is C13H17BrF2N2O. The first-order valence-corrected chi connectivity index (χ1v) is 6.85. The van der Waals surface area contributed by atoms with Gasteiger partial charge in [0.05, 0.1) is 5.41 Å². The van der Waals surface area contributed by atoms with Crippen LogP contribution in [-0.4, -0.2) is 12.5 Å². The first kappa shape index (κ1) is 16.0. The average molecular weight is 335 g/mol. The van der Waals surface area contributed by atoms with Crippen LogP contribution in [0.25, 0.3) is 0 Å². The van der Waals surface area contributed by atoms with E-state index in [9.17, 15) is 13.6 Å². The number of carbonyl (C=O) groups excluding carboxylic acids is 1. The fourth-order valence-corrected chi connectivity index (χ4v) is 2.26. The Hall–Kier alpha value is -1.01. The fourth-order valence-electron chi connectivity index (χ4n) is 1.86. The molecule has 0 spiro atoms. The van der Waals surface area contributed by atoms with Crippen molar-refractivity contribution in [2.45, 2.75) is 26.7 Å². The molecular weight excluding hydrogens is 318 g/mol. The molecule has 0 saturated heterocycles. The predicted octanol–water partition coefficient (Wildman–Crippen LogP) is 3.43. The van der Waals surface area contributed by atoms with Crippen LogP contribution in [0.15, 0.2) is 16.6 Å². The molecule has 0 unspecified atom stereocenters. The highest BCUT2D eigenvalue weighted by Crippen LogP contribution is 2.29. The summed E-state index contributed by atoms with van der Waals surface area (Å²) >= 11 is 2.98. The second-order valence-corrected chi connectivity index (χ2v) is 5.31. The van der Waals surface area contributed by atoms with E-state index in [2.05, 4.69) is 21.2 Å². The second-order valence-electron chi connectivity index (χ2n) is 4.39. The largest absolute Gasteiger partial charge is 0.329 e. The molecule has 1 aromatic rings. The zero-order valence-electron chi connectivity index (χ0n) is 10.9. The van der Waals surface area contributed by atoms with Crippen molar-refractivity contribution >= 4 is 27.5 Å². The molecule has 0 heterocycles. The molecule has 0 aliphatic heterocycles. The number of rotatable bonds is 5. The minimum Gasteiger partial charge on any atom is -0.329 e. The highest BCUT2D eigenvalue weighted by atomic mass is 79.9. The Labute approximate surface area is 119 Å². The highest BCUT2D eigenvalue weighted by molar-refractivity contribution is 9.10. The number of benzene rings is 1. The maximum absolute atomic E-state index is 13.7. The molecule has 1 aromatic carbocycles. The van der Waals surface area contributed by atoms with Gasteiger partial charge in [0, 0.05) is 11.0 Å². The molecule has 0 radical (unpaired) electrons. The van der Waals surface area contributed by atoms with Crippen LogP contribution < -0.4 is 11.1 Å². The summed E-state index contributed by atoms with van der Waals surface area (Å²) in [5, 5.41) is 2.31. The minimum absolute atomic E-state index is 0.131. The van der Waals surface area contributed by atoms with E-state index in [0.29, 0.717) is 12.8 Å². The van der Waals surface area contributed by atoms with Crippen LogP contribution in [0.4, 0.5) is 14.5 Å². The van der Waals surface area contributed by atoms with E-state index in [0.717, 1.165) is 12.1 Å². The van der Waals surface area contributed by atoms with Crippen molar-refractivity contribution in [3.05, 3.63) is 28.2 Å². The summed E-state index contributed by atoms with van der Waals surface area (Å²) in [6.45, 7) is 3.78. The van der Waals surface area contributed by atoms with Crippen molar-refractivity contribution in [1.29, 1.82) is 0 Å². The third kappa shape index (κ3) is 3.30. The molecule has 0 aliphatic rings. The van der Waals surface area contributed by atoms with Crippen LogP contribution in [0.2, 0.25) is 0 Å². The zero-order valence-corrected chi connectivity index (χ0v) is 12.5. The van der Waals surface area contributed by atoms with E-state index in [1.54, 1.807) is 0 Å². The molecule has 106 valence electrons. The number of carbonyl (C=O) groups is 1. The normalized spacial score (nSPS) is 11.5. The van der Waals surface area contributed by atoms with Gasteiger partial charge in [0.1, 0.15) is 5.69 Å². The summed E-state index contributed by atoms with van der Waals surface area (Å²) in [6, 6.07) is 2.20. The smallest absolute Gasteiger partial charge is 0.232 e. The first-order valence-electron chi connectivity index (χ1n) is 6.06. The molecule has 0 atom stereocenters. The van der Waals surface area contributed by atoms with Crippen molar-refractivity contribution in [2.24, 2.45) is 11.1 Å². The SMILES string of the molecule is CCC(CC)(CN)C(=O)Nc1c(F)cc(Br)cc1F. The Balaban J connectivity index is 3.06. The van der Waals surface area contributed by atoms with Gasteiger partial charge in [0.15, 0.2) is 11.6 Å². The lowest BCUT2D eigenvalue weighted by atomic mass is 9.81. The summed E-state index contributed by atoms with van der Waals surface area (Å²) < 4.78 is 27.6. The Kier molecular flexibility index (Phi) is 5.43. The van der Waals surface area contributed by atoms with Crippen LogP contribution in [-0.2, 0) is 4.79 Å². The molecule has 0 bridgehead atoms. The number of anilines is 1. The van der Waals surface area contributed by atoms with Gasteiger partial charge in [-0.1, -0.05) is 29.8 Å². The highest BCUT2D eigenvalue weighted by Gasteiger charge is 2.34. The third-order valence-corrected chi connectivity index (χ3v) is 3.93. The lowest BCUT2D eigenvalue weighted by Gasteiger charge is -2.28. The van der Waals surface area contributed by atoms with Gasteiger partial charge in [-0.25, -0.2) is 8.78 Å². The number of halogens is 3. The van der Waals surface area contributed by atoms with Crippen molar-refractivity contribution in [2.75, 3.05) is 11.9 Å². The van der Waals surface area contributed by atoms with E-state index in [1.807, 2.05) is 13.8 Å². The van der Waals surface area contributed by atoms with Gasteiger partial charge in [-0.2, -0.15) is 0 Å². The monoisotopic (exact) mass is 334 g/mol. The van der Waals surface area contributed by atoms with Crippen LogP contribution in [0, 0.1) is 17.0 Å². The lowest BCUT2D eigenvalue weighted by Crippen LogP contribution is -2.41. The van der Waals surface area contributed by atoms with Gasteiger partial charge in [-0.3, -0.25) is 4.79 Å². The number of nitrogens with one attached hydrogen (secondary N) is 1. The number of amides is 1. The molecule has 3 N–H and O–H groups in total. The Morgan fingerprint density at radius 2 is 1.79 bits per heavy atom. The maximum atomic E-state index is 13.7. The van der Waals surface area contributed by atoms with Crippen molar-refractivity contribution in [3.63, 3.8) is 0 Å². The summed E-state index contributed by atoms with van der Waals surface area (Å²) in [4.78, 5) is 12.2. The number of hydrogen-bond donors (Lipinski definition) is 2. The molecule has 0 aromatic heterocycles. The molecule has 19 heavy (non-hydrogen) atoms. The van der Waals surface area contributed by atoms with Crippen LogP contribution >= 0.6 is 15.9 Å². The van der Waals surface area contributed by atoms with Gasteiger partial charge in [0.2, 0.25) is 5.91 Å². The quantitative estimate of drug-likeness (QED) is 0.866. The van der Waals surface area contributed by atoms with Crippen LogP contribution in [0.5, 0.6) is 0 Å². The average Bonchev–Trinajstić information content (AvgIpc) is 2.36. The van der Waals surface area contributed by atoms with Crippen molar-refractivity contribution in [1.82, 2.24) is 0 Å². The molecule has 6 heteroatoms. The third-order valence-electron chi connectivity index (χ3n) is 3.47. The Morgan fingerprint density at radius 3 is 2.16 bits per heavy atom. The van der Waals surface area contributed by atoms with E-state index in [4.69, 9.17) is 5.73 Å². The standard InChI is InChI=1S/C13H17BrF2N2O/c1-3-13(4-2,7-17)12(19)18-11-9(15)5-8(14)6-10(11)16/h5-6H,3-4,7,17H2,1-2H3,(H,18,19). The van der Waals surface area contributed by atoms with E-state index in [1.165, 1.54) is 0 Å². The van der Waals surface area contributed by atoms with Gasteiger partial charge < -0.3 is 11.1 Å². The van der Waals surface area contributed by atoms with Crippen molar-refractivity contribution in [3.8, 4) is 0 Å². The van der Waals surface area contributed by atoms with Gasteiger partial charge in [-0.15, -0.1) is 0 Å². The minimum atomic E-state index is -0.821. The predicted molar refractivity (Wildman–Crippen MR) is 74.8 cm³/mol. The molecule has 0 aliphatic carbocycles. The van der Waals surface area contributed by atoms with Crippen molar-refractivity contribution < 1.29 is 13.6 Å². The number of hydrogen-bond acceptors (Lipinski definition) is 2. The van der Waals surface area contributed by atoms with E-state index < -0.39 is 28.6 Å². The summed E-state index contributed by atoms with van der Waals surface area (Å²) in [6.07, 6.45) is 1.01. The molecule has 3 nitrogen and oxygen atoms in total. The second kappa shape index (κ2) is 6.43. The summed E-state index contributed by atoms with van der Waals surface area (Å²) in [5.41, 5.74) is 4.39. The van der Waals surface area contributed by atoms with E-state index in [-0.39, 0.29) is 11.0 Å². The van der Waals surface area contributed by atoms with Gasteiger partial charge >= 0.3 is 0 Å². The molecule has 1 rings (SSSR count). The van der Waals surface area contributed by atoms with Crippen LogP contribution in [0.3, 0.4) is 0 Å². The Morgan fingerprint density at radius 1 is 1.32 bits per heavy atom. The lowest BCUT2D eigenvalue weighted by molar-refractivity contribution is -0.125. The zero-order chi connectivity index (χ0) is 14.6. The van der Waals surface area contributed by atoms with Gasteiger partial charge in [-0.05, 0) is 25.0 Å². The van der Waals surface area contributed by atoms with Gasteiger partial charge in [0.25, 0.3) is 0 Å². The number of nitrogens with two attached hydrogens (primary N) is 1. The molecule has 0 saturated carbocycles.